The molecule has 0 saturated carbocycles. The lowest BCUT2D eigenvalue weighted by Gasteiger charge is -2.13. The zero-order valence-corrected chi connectivity index (χ0v) is 79.6. The molecule has 18 aromatic carbocycles. The molecule has 3 aliphatic carbocycles. The predicted molar refractivity (Wildman–Crippen MR) is 589 cm³/mol. The van der Waals surface area contributed by atoms with Crippen molar-refractivity contribution in [2.24, 2.45) is 0 Å². The van der Waals surface area contributed by atoms with E-state index in [0.717, 1.165) is 176 Å². The lowest BCUT2D eigenvalue weighted by atomic mass is 9.94. The summed E-state index contributed by atoms with van der Waals surface area (Å²) in [4.78, 5) is 73.1. The molecular formula is C132H87N15. The molecule has 0 bridgehead atoms. The number of rotatable bonds is 18. The minimum Gasteiger partial charge on any atom is -0.236 e. The summed E-state index contributed by atoms with van der Waals surface area (Å²) in [7, 11) is 0. The van der Waals surface area contributed by atoms with Gasteiger partial charge in [0, 0.05) is 119 Å². The van der Waals surface area contributed by atoms with Crippen LogP contribution < -0.4 is 0 Å². The van der Waals surface area contributed by atoms with Gasteiger partial charge in [0.2, 0.25) is 0 Å². The molecule has 0 atom stereocenters. The van der Waals surface area contributed by atoms with Crippen molar-refractivity contribution in [1.29, 1.82) is 0 Å². The average Bonchev–Trinajstić information content (AvgIpc) is 1.61. The lowest BCUT2D eigenvalue weighted by Crippen LogP contribution is -2.00. The van der Waals surface area contributed by atoms with E-state index in [-0.39, 0.29) is 0 Å². The first-order chi connectivity index (χ1) is 72.8. The first-order valence-electron chi connectivity index (χ1n) is 49.1. The third kappa shape index (κ3) is 18.3. The van der Waals surface area contributed by atoms with Gasteiger partial charge in [-0.2, -0.15) is 0 Å². The molecule has 0 aliphatic heterocycles. The predicted octanol–water partition coefficient (Wildman–Crippen LogP) is 30.7. The van der Waals surface area contributed by atoms with Gasteiger partial charge < -0.3 is 0 Å². The van der Waals surface area contributed by atoms with Crippen molar-refractivity contribution in [2.75, 3.05) is 0 Å². The normalized spacial score (nSPS) is 11.6. The highest BCUT2D eigenvalue weighted by Gasteiger charge is 2.30. The van der Waals surface area contributed by atoms with Gasteiger partial charge in [-0.3, -0.25) is 0 Å². The molecule has 15 heteroatoms. The van der Waals surface area contributed by atoms with Crippen LogP contribution in [0.2, 0.25) is 0 Å². The van der Waals surface area contributed by atoms with Crippen LogP contribution in [-0.2, 0) is 19.3 Å². The van der Waals surface area contributed by atoms with Crippen LogP contribution in [0.5, 0.6) is 0 Å². The third-order valence-electron chi connectivity index (χ3n) is 27.3. The van der Waals surface area contributed by atoms with E-state index in [0.29, 0.717) is 52.4 Å². The Hall–Kier alpha value is -19.8. The van der Waals surface area contributed by atoms with Gasteiger partial charge >= 0.3 is 0 Å². The average molecular weight is 1880 g/mol. The molecule has 0 fully saturated rings. The van der Waals surface area contributed by atoms with E-state index in [2.05, 4.69) is 289 Å². The van der Waals surface area contributed by atoms with Crippen molar-refractivity contribution in [3.63, 3.8) is 0 Å². The van der Waals surface area contributed by atoms with Crippen LogP contribution in [-0.4, -0.2) is 74.8 Å². The summed E-state index contributed by atoms with van der Waals surface area (Å²) < 4.78 is 0. The number of benzene rings is 18. The maximum Gasteiger partial charge on any atom is 0.164 e. The number of fused-ring (bicyclic) bond motifs is 9. The van der Waals surface area contributed by atoms with Crippen LogP contribution in [0.3, 0.4) is 0 Å². The van der Waals surface area contributed by atoms with Crippen molar-refractivity contribution in [2.45, 2.75) is 19.3 Å². The molecule has 0 unspecified atom stereocenters. The first-order valence-corrected chi connectivity index (χ1v) is 49.1. The van der Waals surface area contributed by atoms with Gasteiger partial charge in [-0.05, 0) is 132 Å². The Labute approximate surface area is 850 Å². The summed E-state index contributed by atoms with van der Waals surface area (Å²) in [6.45, 7) is 0. The topological polar surface area (TPSA) is 193 Å². The molecule has 0 saturated heterocycles. The van der Waals surface area contributed by atoms with Gasteiger partial charge in [0.15, 0.2) is 52.4 Å². The summed E-state index contributed by atoms with van der Waals surface area (Å²) in [6, 6.07) is 163. The summed E-state index contributed by atoms with van der Waals surface area (Å²) in [5.74, 6) is 5.73. The maximum atomic E-state index is 5.05. The number of aromatic nitrogens is 15. The van der Waals surface area contributed by atoms with E-state index in [4.69, 9.17) is 64.8 Å². The van der Waals surface area contributed by atoms with Crippen molar-refractivity contribution in [3.8, 4) is 237 Å². The Kier molecular flexibility index (Phi) is 24.0. The third-order valence-corrected chi connectivity index (χ3v) is 27.3. The van der Waals surface area contributed by atoms with E-state index < -0.39 is 0 Å². The molecule has 6 heterocycles. The van der Waals surface area contributed by atoms with Crippen LogP contribution in [0.4, 0.5) is 0 Å². The van der Waals surface area contributed by atoms with Gasteiger partial charge in [0.05, 0.1) is 34.2 Å². The van der Waals surface area contributed by atoms with Gasteiger partial charge in [0.1, 0.15) is 19.0 Å². The van der Waals surface area contributed by atoms with Crippen molar-refractivity contribution in [3.05, 3.63) is 526 Å². The van der Waals surface area contributed by atoms with Gasteiger partial charge in [0.25, 0.3) is 0 Å². The summed E-state index contributed by atoms with van der Waals surface area (Å²) in [6.07, 6.45) is 7.53. The van der Waals surface area contributed by atoms with Crippen molar-refractivity contribution >= 4 is 0 Å². The van der Waals surface area contributed by atoms with E-state index in [1.807, 2.05) is 194 Å². The molecule has 0 amide bonds. The fraction of sp³-hybridized carbons (Fsp3) is 0.0227. The molecule has 6 aromatic heterocycles. The molecule has 15 nitrogen and oxygen atoms in total. The van der Waals surface area contributed by atoms with E-state index in [9.17, 15) is 0 Å². The highest BCUT2D eigenvalue weighted by atomic mass is 15.1. The molecular weight excluding hydrogens is 1800 g/mol. The fourth-order valence-electron chi connectivity index (χ4n) is 20.0. The number of nitrogens with zero attached hydrogens (tertiary/aromatic N) is 15. The molecule has 0 N–H and O–H groups in total. The molecule has 0 radical (unpaired) electrons. The first kappa shape index (κ1) is 88.6. The van der Waals surface area contributed by atoms with Crippen LogP contribution in [0, 0.1) is 0 Å². The molecule has 3 aliphatic rings. The summed E-state index contributed by atoms with van der Waals surface area (Å²) in [5.41, 5.74) is 42.1. The Morgan fingerprint density at radius 1 is 0.116 bits per heavy atom. The number of hydrogen-bond acceptors (Lipinski definition) is 15. The fourth-order valence-corrected chi connectivity index (χ4v) is 20.0. The number of hydrogen-bond donors (Lipinski definition) is 0. The van der Waals surface area contributed by atoms with Gasteiger partial charge in [-0.25, -0.2) is 74.8 Å². The smallest absolute Gasteiger partial charge is 0.164 e. The minimum atomic E-state index is 0.620. The van der Waals surface area contributed by atoms with Gasteiger partial charge in [-0.15, -0.1) is 0 Å². The summed E-state index contributed by atoms with van der Waals surface area (Å²) in [5, 5.41) is 0. The van der Waals surface area contributed by atoms with Crippen LogP contribution in [0.1, 0.15) is 33.4 Å². The van der Waals surface area contributed by atoms with E-state index >= 15 is 0 Å². The Bertz CT molecular complexity index is 8830. The molecule has 24 aromatic rings. The zero-order chi connectivity index (χ0) is 97.7. The quantitative estimate of drug-likeness (QED) is 0.0787. The van der Waals surface area contributed by atoms with Crippen molar-refractivity contribution < 1.29 is 0 Å². The van der Waals surface area contributed by atoms with E-state index in [1.54, 1.807) is 19.0 Å². The Morgan fingerprint density at radius 3 is 0.701 bits per heavy atom. The maximum absolute atomic E-state index is 5.05. The molecule has 27 rings (SSSR count). The molecule has 690 valence electrons. The SMILES string of the molecule is c1ccc(-c2cc(-c3ccc(-c4ncnc5c4Cc4ccccc4-5)cc3)cc(-c3nc(-c4ccccc4)nc(-c4ccccc4)n3)c2)cc1.c1ccc(-c2cc(-c3cccc(-c4ncnc5c4Cc4ccccc4-5)c3)cc(-c3nc(-c4ccccc4)nc(-c4ccccc4)n3)c2)cc1.c1ccc(-c2nc(-c3ccccc3)nc(-c3cccc(-c4ccc(-c5ncnc6c5Cc5c(-c7ccccc7)cccc5-6)cc4)c3)n2)cc1. The molecule has 0 spiro atoms. The zero-order valence-electron chi connectivity index (χ0n) is 79.6. The second kappa shape index (κ2) is 39.7. The van der Waals surface area contributed by atoms with E-state index in [1.165, 1.54) is 61.2 Å². The van der Waals surface area contributed by atoms with Gasteiger partial charge in [-0.1, -0.05) is 425 Å². The highest BCUT2D eigenvalue weighted by Crippen LogP contribution is 2.48. The van der Waals surface area contributed by atoms with Crippen LogP contribution in [0.25, 0.3) is 237 Å². The largest absolute Gasteiger partial charge is 0.236 e. The Morgan fingerprint density at radius 2 is 0.327 bits per heavy atom. The van der Waals surface area contributed by atoms with Crippen LogP contribution in [0.15, 0.2) is 492 Å². The lowest BCUT2D eigenvalue weighted by molar-refractivity contribution is 1.07. The van der Waals surface area contributed by atoms with Crippen LogP contribution >= 0.6 is 0 Å². The second-order valence-corrected chi connectivity index (χ2v) is 36.5. The second-order valence-electron chi connectivity index (χ2n) is 36.5. The standard InChI is InChI=1S/3C44H29N5/c1-4-12-30(13-5-1)36-20-11-21-37-38(36)27-39-40(45-28-46-41(37)39)31-24-22-29(23-25-31)34-18-10-19-35(26-34)44-48-42(32-14-6-2-7-15-32)47-43(49-44)33-16-8-3-9-17-33;1-4-13-29(14-5-1)35-24-36(32-20-12-21-34(23-32)40-39-27-33-19-10-11-22-38(33)41(39)46-28-45-40)26-37(25-35)44-48-42(30-15-6-2-7-16-30)47-43(49-44)31-17-8-3-9-18-31;1-4-12-29(13-5-1)35-24-36(30-20-22-31(23-21-30)40-39-27-34-18-10-11-19-38(34)41(39)46-28-45-40)26-37(25-35)44-48-42(32-14-6-2-7-15-32)47-43(49-44)33-16-8-3-9-17-33/h3*1-26,28H,27H2. The minimum absolute atomic E-state index is 0.620. The molecule has 147 heavy (non-hydrogen) atoms. The van der Waals surface area contributed by atoms with Crippen molar-refractivity contribution in [1.82, 2.24) is 74.8 Å². The monoisotopic (exact) mass is 1880 g/mol. The summed E-state index contributed by atoms with van der Waals surface area (Å²) >= 11 is 0. The Balaban J connectivity index is 0.000000115. The highest BCUT2D eigenvalue weighted by molar-refractivity contribution is 5.91.